The van der Waals surface area contributed by atoms with Gasteiger partial charge in [0.25, 0.3) is 0 Å². The summed E-state index contributed by atoms with van der Waals surface area (Å²) in [5.74, 6) is 0. The summed E-state index contributed by atoms with van der Waals surface area (Å²) in [6, 6.07) is 0.387. The molecule has 0 aromatic carbocycles. The second-order valence-electron chi connectivity index (χ2n) is 3.85. The van der Waals surface area contributed by atoms with E-state index >= 15 is 0 Å². The monoisotopic (exact) mass is 236 g/mol. The van der Waals surface area contributed by atoms with Crippen molar-refractivity contribution in [1.29, 1.82) is 0 Å². The van der Waals surface area contributed by atoms with Crippen LogP contribution in [-0.4, -0.2) is 18.7 Å². The number of hydrogen-bond donors (Lipinski definition) is 2. The molecule has 0 saturated carbocycles. The van der Waals surface area contributed by atoms with Crippen LogP contribution >= 0.6 is 7.67 Å². The lowest BCUT2D eigenvalue weighted by atomic mass is 10.3. The molecule has 0 saturated heterocycles. The van der Waals surface area contributed by atoms with Crippen molar-refractivity contribution in [3.8, 4) is 0 Å². The minimum absolute atomic E-state index is 0.193. The standard InChI is InChI=1S/C10H25N2O2P/c1-6-9(4)11-15(13,14-8-3)12-10(5)7-2/h9-10H,6-8H2,1-5H3,(H2,11,12,13)/t9-,10-/m1/s1. The smallest absolute Gasteiger partial charge is 0.306 e. The van der Waals surface area contributed by atoms with E-state index in [1.54, 1.807) is 0 Å². The van der Waals surface area contributed by atoms with E-state index in [0.29, 0.717) is 6.61 Å². The third-order valence-electron chi connectivity index (χ3n) is 2.32. The first-order valence-electron chi connectivity index (χ1n) is 5.77. The molecule has 0 fully saturated rings. The summed E-state index contributed by atoms with van der Waals surface area (Å²) < 4.78 is 17.6. The van der Waals surface area contributed by atoms with Gasteiger partial charge >= 0.3 is 7.67 Å². The summed E-state index contributed by atoms with van der Waals surface area (Å²) in [5, 5.41) is 6.06. The topological polar surface area (TPSA) is 50.4 Å². The van der Waals surface area contributed by atoms with Gasteiger partial charge in [-0.3, -0.25) is 4.57 Å². The molecule has 2 atom stereocenters. The maximum atomic E-state index is 12.3. The van der Waals surface area contributed by atoms with Gasteiger partial charge in [0.05, 0.1) is 6.61 Å². The van der Waals surface area contributed by atoms with E-state index in [1.807, 2.05) is 20.8 Å². The lowest BCUT2D eigenvalue weighted by molar-refractivity contribution is 0.305. The Morgan fingerprint density at radius 2 is 1.47 bits per heavy atom. The minimum atomic E-state index is -2.86. The molecular weight excluding hydrogens is 211 g/mol. The van der Waals surface area contributed by atoms with Crippen LogP contribution in [0.25, 0.3) is 0 Å². The third kappa shape index (κ3) is 6.31. The maximum Gasteiger partial charge on any atom is 0.341 e. The zero-order valence-electron chi connectivity index (χ0n) is 10.5. The fourth-order valence-electron chi connectivity index (χ4n) is 1.06. The van der Waals surface area contributed by atoms with E-state index in [9.17, 15) is 4.57 Å². The Morgan fingerprint density at radius 3 is 1.73 bits per heavy atom. The Balaban J connectivity index is 4.37. The largest absolute Gasteiger partial charge is 0.341 e. The zero-order valence-corrected chi connectivity index (χ0v) is 11.4. The molecule has 0 aliphatic heterocycles. The van der Waals surface area contributed by atoms with Crippen LogP contribution in [0.2, 0.25) is 0 Å². The van der Waals surface area contributed by atoms with Gasteiger partial charge in [-0.2, -0.15) is 0 Å². The van der Waals surface area contributed by atoms with Gasteiger partial charge in [0, 0.05) is 12.1 Å². The highest BCUT2D eigenvalue weighted by atomic mass is 31.2. The van der Waals surface area contributed by atoms with Gasteiger partial charge in [-0.1, -0.05) is 13.8 Å². The predicted octanol–water partition coefficient (Wildman–Crippen LogP) is 2.91. The van der Waals surface area contributed by atoms with Gasteiger partial charge in [0.1, 0.15) is 0 Å². The van der Waals surface area contributed by atoms with Crippen LogP contribution in [0, 0.1) is 0 Å². The van der Waals surface area contributed by atoms with E-state index < -0.39 is 7.67 Å². The Kier molecular flexibility index (Phi) is 7.45. The van der Waals surface area contributed by atoms with E-state index in [2.05, 4.69) is 24.0 Å². The molecule has 2 N–H and O–H groups in total. The van der Waals surface area contributed by atoms with Gasteiger partial charge in [0.15, 0.2) is 0 Å². The molecule has 92 valence electrons. The van der Waals surface area contributed by atoms with Gasteiger partial charge < -0.3 is 4.52 Å². The second kappa shape index (κ2) is 7.39. The van der Waals surface area contributed by atoms with Crippen LogP contribution in [0.5, 0.6) is 0 Å². The number of rotatable bonds is 8. The van der Waals surface area contributed by atoms with Crippen LogP contribution in [0.3, 0.4) is 0 Å². The molecule has 0 unspecified atom stereocenters. The van der Waals surface area contributed by atoms with Crippen molar-refractivity contribution in [2.24, 2.45) is 0 Å². The molecule has 0 aromatic heterocycles. The molecule has 0 radical (unpaired) electrons. The molecule has 15 heavy (non-hydrogen) atoms. The first kappa shape index (κ1) is 15.1. The summed E-state index contributed by atoms with van der Waals surface area (Å²) in [5.41, 5.74) is 0. The van der Waals surface area contributed by atoms with Crippen molar-refractivity contribution in [3.05, 3.63) is 0 Å². The normalized spacial score (nSPS) is 16.3. The fraction of sp³-hybridized carbons (Fsp3) is 1.00. The van der Waals surface area contributed by atoms with Crippen LogP contribution < -0.4 is 10.2 Å². The molecule has 0 heterocycles. The highest BCUT2D eigenvalue weighted by molar-refractivity contribution is 7.54. The first-order valence-corrected chi connectivity index (χ1v) is 7.40. The highest BCUT2D eigenvalue weighted by Gasteiger charge is 2.25. The molecule has 5 heteroatoms. The molecule has 0 aromatic rings. The number of hydrogen-bond acceptors (Lipinski definition) is 2. The van der Waals surface area contributed by atoms with Crippen molar-refractivity contribution in [1.82, 2.24) is 10.2 Å². The van der Waals surface area contributed by atoms with Crippen molar-refractivity contribution >= 4 is 7.67 Å². The summed E-state index contributed by atoms with van der Waals surface area (Å²) in [6.07, 6.45) is 1.86. The molecule has 0 aliphatic rings. The minimum Gasteiger partial charge on any atom is -0.306 e. The van der Waals surface area contributed by atoms with Crippen molar-refractivity contribution in [2.75, 3.05) is 6.61 Å². The Morgan fingerprint density at radius 1 is 1.07 bits per heavy atom. The molecular formula is C10H25N2O2P. The molecule has 0 bridgehead atoms. The highest BCUT2D eigenvalue weighted by Crippen LogP contribution is 2.39. The van der Waals surface area contributed by atoms with Gasteiger partial charge in [-0.25, -0.2) is 10.2 Å². The first-order chi connectivity index (χ1) is 6.97. The van der Waals surface area contributed by atoms with E-state index in [0.717, 1.165) is 12.8 Å². The van der Waals surface area contributed by atoms with Crippen molar-refractivity contribution in [2.45, 2.75) is 59.5 Å². The summed E-state index contributed by atoms with van der Waals surface area (Å²) in [7, 11) is -2.86. The van der Waals surface area contributed by atoms with Crippen molar-refractivity contribution < 1.29 is 9.09 Å². The Labute approximate surface area is 93.7 Å². The van der Waals surface area contributed by atoms with E-state index in [4.69, 9.17) is 4.52 Å². The summed E-state index contributed by atoms with van der Waals surface area (Å²) in [4.78, 5) is 0. The molecule has 0 rings (SSSR count). The fourth-order valence-corrected chi connectivity index (χ4v) is 3.17. The number of nitrogens with one attached hydrogen (secondary N) is 2. The third-order valence-corrected chi connectivity index (χ3v) is 4.50. The van der Waals surface area contributed by atoms with Crippen LogP contribution in [0.15, 0.2) is 0 Å². The molecule has 0 spiro atoms. The molecule has 0 amide bonds. The molecule has 4 nitrogen and oxygen atoms in total. The van der Waals surface area contributed by atoms with Crippen LogP contribution in [0.1, 0.15) is 47.5 Å². The zero-order chi connectivity index (χ0) is 11.9. The Bertz CT molecular complexity index is 196. The van der Waals surface area contributed by atoms with Gasteiger partial charge in [-0.05, 0) is 33.6 Å². The SMILES string of the molecule is CCOP(=O)(N[C@H](C)CC)N[C@H](C)CC. The summed E-state index contributed by atoms with van der Waals surface area (Å²) >= 11 is 0. The van der Waals surface area contributed by atoms with Crippen molar-refractivity contribution in [3.63, 3.8) is 0 Å². The van der Waals surface area contributed by atoms with E-state index in [-0.39, 0.29) is 12.1 Å². The lowest BCUT2D eigenvalue weighted by Gasteiger charge is -2.25. The quantitative estimate of drug-likeness (QED) is 0.636. The Hall–Kier alpha value is 0.110. The van der Waals surface area contributed by atoms with Gasteiger partial charge in [-0.15, -0.1) is 0 Å². The van der Waals surface area contributed by atoms with Crippen LogP contribution in [-0.2, 0) is 9.09 Å². The lowest BCUT2D eigenvalue weighted by Crippen LogP contribution is -2.34. The molecule has 0 aliphatic carbocycles. The van der Waals surface area contributed by atoms with Crippen LogP contribution in [0.4, 0.5) is 0 Å². The van der Waals surface area contributed by atoms with Gasteiger partial charge in [0.2, 0.25) is 0 Å². The average Bonchev–Trinajstić information content (AvgIpc) is 2.17. The van der Waals surface area contributed by atoms with E-state index in [1.165, 1.54) is 0 Å². The second-order valence-corrected chi connectivity index (χ2v) is 5.72. The predicted molar refractivity (Wildman–Crippen MR) is 65.0 cm³/mol. The summed E-state index contributed by atoms with van der Waals surface area (Å²) in [6.45, 7) is 10.4. The maximum absolute atomic E-state index is 12.3. The average molecular weight is 236 g/mol.